The molecule has 0 bridgehead atoms. The number of aromatic nitrogens is 3. The molecule has 6 rings (SSSR count). The lowest BCUT2D eigenvalue weighted by molar-refractivity contribution is -0.0345. The van der Waals surface area contributed by atoms with Crippen molar-refractivity contribution in [2.45, 2.75) is 25.0 Å². The molecule has 1 spiro atoms. The molecule has 4 atom stereocenters. The lowest BCUT2D eigenvalue weighted by atomic mass is 9.73. The largest absolute Gasteiger partial charge is 0.472 e. The van der Waals surface area contributed by atoms with E-state index in [0.29, 0.717) is 40.3 Å². The summed E-state index contributed by atoms with van der Waals surface area (Å²) in [7, 11) is 0. The fraction of sp³-hybridized carbons (Fsp3) is 0.304. The molecule has 2 saturated carbocycles. The third-order valence-electron chi connectivity index (χ3n) is 6.81. The number of rotatable bonds is 4. The zero-order valence-electron chi connectivity index (χ0n) is 16.4. The number of ether oxygens (including phenoxy) is 1. The van der Waals surface area contributed by atoms with Crippen LogP contribution in [0.1, 0.15) is 23.2 Å². The van der Waals surface area contributed by atoms with E-state index in [-0.39, 0.29) is 23.5 Å². The highest BCUT2D eigenvalue weighted by Crippen LogP contribution is 2.71. The molecule has 3 heterocycles. The van der Waals surface area contributed by atoms with Crippen molar-refractivity contribution in [3.63, 3.8) is 0 Å². The molecule has 156 valence electrons. The molecule has 1 saturated heterocycles. The summed E-state index contributed by atoms with van der Waals surface area (Å²) in [6.45, 7) is 0.684. The molecule has 1 aliphatic heterocycles. The summed E-state index contributed by atoms with van der Waals surface area (Å²) in [5, 5.41) is 0.546. The van der Waals surface area contributed by atoms with E-state index in [2.05, 4.69) is 15.0 Å². The van der Waals surface area contributed by atoms with E-state index in [0.717, 1.165) is 12.8 Å². The number of piperidine rings is 1. The maximum Gasteiger partial charge on any atom is 0.255 e. The van der Waals surface area contributed by atoms with Crippen LogP contribution in [0, 0.1) is 17.2 Å². The third kappa shape index (κ3) is 2.91. The molecule has 3 aliphatic rings. The van der Waals surface area contributed by atoms with Gasteiger partial charge in [0, 0.05) is 42.2 Å². The van der Waals surface area contributed by atoms with Crippen molar-refractivity contribution in [3.8, 4) is 17.3 Å². The van der Waals surface area contributed by atoms with Crippen LogP contribution in [-0.4, -0.2) is 44.4 Å². The van der Waals surface area contributed by atoms with Gasteiger partial charge in [-0.15, -0.1) is 0 Å². The highest BCUT2D eigenvalue weighted by molar-refractivity contribution is 6.30. The number of benzene rings is 1. The number of hydrogen-bond acceptors (Lipinski definition) is 5. The van der Waals surface area contributed by atoms with Crippen molar-refractivity contribution >= 4 is 17.5 Å². The predicted octanol–water partition coefficient (Wildman–Crippen LogP) is 4.01. The minimum atomic E-state index is -0.432. The zero-order valence-corrected chi connectivity index (χ0v) is 17.2. The number of amides is 1. The first-order valence-electron chi connectivity index (χ1n) is 10.2. The second-order valence-corrected chi connectivity index (χ2v) is 8.91. The number of likely N-dealkylation sites (tertiary alicyclic amines) is 1. The van der Waals surface area contributed by atoms with Gasteiger partial charge in [0.1, 0.15) is 11.9 Å². The van der Waals surface area contributed by atoms with Crippen LogP contribution in [0.4, 0.5) is 4.39 Å². The van der Waals surface area contributed by atoms with Gasteiger partial charge < -0.3 is 9.64 Å². The number of nitrogens with zero attached hydrogens (tertiary/aromatic N) is 4. The van der Waals surface area contributed by atoms with Gasteiger partial charge in [0.25, 0.3) is 5.91 Å². The summed E-state index contributed by atoms with van der Waals surface area (Å²) in [5.74, 6) is 0.753. The van der Waals surface area contributed by atoms with Gasteiger partial charge in [0.05, 0.1) is 16.6 Å². The van der Waals surface area contributed by atoms with Crippen LogP contribution in [0.2, 0.25) is 5.02 Å². The van der Waals surface area contributed by atoms with Crippen LogP contribution in [0.5, 0.6) is 5.88 Å². The Kier molecular flexibility index (Phi) is 4.05. The zero-order chi connectivity index (χ0) is 21.2. The summed E-state index contributed by atoms with van der Waals surface area (Å²) in [4.78, 5) is 28.2. The standard InChI is InChI=1S/C23H18ClFN4O2/c24-14-2-5-19(28-11-14)31-18-10-23-9-13(23)12-29(20(18)23)22(30)16-4-3-15(25)8-17(16)21-26-6-1-7-27-21/h1-8,11,13,18,20H,9-10,12H2. The minimum absolute atomic E-state index is 0.0166. The van der Waals surface area contributed by atoms with Gasteiger partial charge in [0.15, 0.2) is 5.82 Å². The molecule has 1 aromatic carbocycles. The van der Waals surface area contributed by atoms with Crippen LogP contribution in [0.3, 0.4) is 0 Å². The van der Waals surface area contributed by atoms with Crippen LogP contribution < -0.4 is 4.74 Å². The Morgan fingerprint density at radius 2 is 2.00 bits per heavy atom. The average Bonchev–Trinajstić information content (AvgIpc) is 3.43. The van der Waals surface area contributed by atoms with Crippen LogP contribution in [-0.2, 0) is 0 Å². The first kappa shape index (κ1) is 18.7. The summed E-state index contributed by atoms with van der Waals surface area (Å²) in [6.07, 6.45) is 6.62. The smallest absolute Gasteiger partial charge is 0.255 e. The van der Waals surface area contributed by atoms with Crippen molar-refractivity contribution in [2.75, 3.05) is 6.54 Å². The van der Waals surface area contributed by atoms with Crippen molar-refractivity contribution in [1.29, 1.82) is 0 Å². The molecular formula is C23H18ClFN4O2. The van der Waals surface area contributed by atoms with Gasteiger partial charge in [-0.3, -0.25) is 4.79 Å². The summed E-state index contributed by atoms with van der Waals surface area (Å²) in [6, 6.07) is 9.29. The normalized spacial score (nSPS) is 27.8. The molecule has 0 radical (unpaired) electrons. The van der Waals surface area contributed by atoms with Crippen LogP contribution >= 0.6 is 11.6 Å². The van der Waals surface area contributed by atoms with Gasteiger partial charge in [-0.2, -0.15) is 0 Å². The van der Waals surface area contributed by atoms with E-state index in [9.17, 15) is 9.18 Å². The summed E-state index contributed by atoms with van der Waals surface area (Å²) in [5.41, 5.74) is 0.951. The quantitative estimate of drug-likeness (QED) is 0.618. The first-order valence-corrected chi connectivity index (χ1v) is 10.6. The highest BCUT2D eigenvalue weighted by atomic mass is 35.5. The van der Waals surface area contributed by atoms with Crippen molar-refractivity contribution in [3.05, 3.63) is 71.4 Å². The maximum absolute atomic E-state index is 14.0. The fourth-order valence-corrected chi connectivity index (χ4v) is 5.43. The molecule has 4 unspecified atom stereocenters. The Morgan fingerprint density at radius 3 is 2.77 bits per heavy atom. The van der Waals surface area contributed by atoms with Crippen molar-refractivity contribution in [2.24, 2.45) is 11.3 Å². The molecular weight excluding hydrogens is 419 g/mol. The number of carbonyl (C=O) groups excluding carboxylic acids is 1. The van der Waals surface area contributed by atoms with Gasteiger partial charge in [-0.25, -0.2) is 19.3 Å². The number of carbonyl (C=O) groups is 1. The Hall–Kier alpha value is -3.06. The molecule has 6 nitrogen and oxygen atoms in total. The molecule has 8 heteroatoms. The van der Waals surface area contributed by atoms with Gasteiger partial charge >= 0.3 is 0 Å². The Morgan fingerprint density at radius 1 is 1.16 bits per heavy atom. The Labute approximate surface area is 183 Å². The van der Waals surface area contributed by atoms with Gasteiger partial charge in [0.2, 0.25) is 5.88 Å². The Balaban J connectivity index is 1.30. The minimum Gasteiger partial charge on any atom is -0.472 e. The van der Waals surface area contributed by atoms with E-state index in [1.807, 2.05) is 4.90 Å². The molecule has 2 aliphatic carbocycles. The molecule has 3 fully saturated rings. The van der Waals surface area contributed by atoms with Gasteiger partial charge in [-0.1, -0.05) is 11.6 Å². The lowest BCUT2D eigenvalue weighted by Gasteiger charge is -2.47. The molecule has 1 amide bonds. The second kappa shape index (κ2) is 6.72. The molecule has 2 aromatic heterocycles. The van der Waals surface area contributed by atoms with E-state index >= 15 is 0 Å². The average molecular weight is 437 g/mol. The Bertz CT molecular complexity index is 1180. The van der Waals surface area contributed by atoms with Crippen molar-refractivity contribution in [1.82, 2.24) is 19.9 Å². The topological polar surface area (TPSA) is 68.2 Å². The maximum atomic E-state index is 14.0. The summed E-state index contributed by atoms with van der Waals surface area (Å²) < 4.78 is 20.1. The second-order valence-electron chi connectivity index (χ2n) is 8.47. The van der Waals surface area contributed by atoms with E-state index in [1.54, 1.807) is 36.8 Å². The van der Waals surface area contributed by atoms with Crippen LogP contribution in [0.15, 0.2) is 55.0 Å². The predicted molar refractivity (Wildman–Crippen MR) is 111 cm³/mol. The number of hydrogen-bond donors (Lipinski definition) is 0. The molecule has 3 aromatic rings. The highest BCUT2D eigenvalue weighted by Gasteiger charge is 2.76. The van der Waals surface area contributed by atoms with Crippen molar-refractivity contribution < 1.29 is 13.9 Å². The SMILES string of the molecule is O=C(c1ccc(F)cc1-c1ncccn1)N1CC2CC23CC(Oc2ccc(Cl)cn2)C13. The lowest BCUT2D eigenvalue weighted by Crippen LogP contribution is -2.59. The van der Waals surface area contributed by atoms with Gasteiger partial charge in [-0.05, 0) is 49.1 Å². The first-order chi connectivity index (χ1) is 15.0. The van der Waals surface area contributed by atoms with E-state index in [4.69, 9.17) is 16.3 Å². The van der Waals surface area contributed by atoms with Crippen LogP contribution in [0.25, 0.3) is 11.4 Å². The van der Waals surface area contributed by atoms with E-state index < -0.39 is 5.82 Å². The summed E-state index contributed by atoms with van der Waals surface area (Å²) >= 11 is 5.92. The fourth-order valence-electron chi connectivity index (χ4n) is 5.32. The monoisotopic (exact) mass is 436 g/mol. The molecule has 0 N–H and O–H groups in total. The molecule has 31 heavy (non-hydrogen) atoms. The van der Waals surface area contributed by atoms with E-state index in [1.165, 1.54) is 18.2 Å². The number of pyridine rings is 1. The third-order valence-corrected chi connectivity index (χ3v) is 7.03. The number of halogens is 2.